The number of benzene rings is 1. The molecule has 1 heterocycles. The van der Waals surface area contributed by atoms with E-state index in [1.807, 2.05) is 0 Å². The molecule has 0 atom stereocenters. The molecule has 3 nitrogen and oxygen atoms in total. The Morgan fingerprint density at radius 3 is 2.59 bits per heavy atom. The van der Waals surface area contributed by atoms with Gasteiger partial charge in [0.1, 0.15) is 6.29 Å². The lowest BCUT2D eigenvalue weighted by Gasteiger charge is -2.26. The topological polar surface area (TPSA) is 29.5 Å². The second-order valence-corrected chi connectivity index (χ2v) is 4.11. The van der Waals surface area contributed by atoms with E-state index in [2.05, 4.69) is 36.1 Å². The van der Waals surface area contributed by atoms with E-state index in [4.69, 9.17) is 9.53 Å². The predicted molar refractivity (Wildman–Crippen MR) is 69.0 cm³/mol. The fraction of sp³-hybridized carbons (Fsp3) is 0.500. The Kier molecular flexibility index (Phi) is 6.51. The Bertz CT molecular complexity index is 333. The van der Waals surface area contributed by atoms with Gasteiger partial charge in [-0.3, -0.25) is 4.90 Å². The largest absolute Gasteiger partial charge is 0.379 e. The van der Waals surface area contributed by atoms with Gasteiger partial charge in [-0.05, 0) is 19.4 Å². The number of nitrogens with zero attached hydrogens (tertiary/aromatic N) is 1. The second kappa shape index (κ2) is 7.98. The van der Waals surface area contributed by atoms with Gasteiger partial charge in [0, 0.05) is 19.6 Å². The average molecular weight is 235 g/mol. The molecule has 1 aliphatic heterocycles. The van der Waals surface area contributed by atoms with E-state index in [9.17, 15) is 0 Å². The molecule has 0 aliphatic carbocycles. The Morgan fingerprint density at radius 1 is 1.35 bits per heavy atom. The van der Waals surface area contributed by atoms with Gasteiger partial charge < -0.3 is 9.53 Å². The minimum Gasteiger partial charge on any atom is -0.379 e. The lowest BCUT2D eigenvalue weighted by atomic mass is 10.1. The molecule has 1 aliphatic rings. The maximum absolute atomic E-state index is 8.81. The zero-order valence-corrected chi connectivity index (χ0v) is 10.7. The van der Waals surface area contributed by atoms with Crippen molar-refractivity contribution in [3.8, 4) is 0 Å². The average Bonchev–Trinajstić information content (AvgIpc) is 2.31. The van der Waals surface area contributed by atoms with E-state index in [0.717, 1.165) is 39.1 Å². The minimum atomic E-state index is 0.750. The molecule has 0 radical (unpaired) electrons. The van der Waals surface area contributed by atoms with Crippen LogP contribution in [-0.2, 0) is 16.1 Å². The van der Waals surface area contributed by atoms with Crippen LogP contribution in [0.25, 0.3) is 0 Å². The number of hydrogen-bond acceptors (Lipinski definition) is 3. The third kappa shape index (κ3) is 5.61. The van der Waals surface area contributed by atoms with Crippen molar-refractivity contribution in [3.05, 3.63) is 35.4 Å². The first-order valence-electron chi connectivity index (χ1n) is 6.01. The standard InChI is InChI=1S/C12H17NO.C2H4O/c1-11-3-2-4-12(9-11)10-13-5-7-14-8-6-13;1-2-3/h2-4,9H,5-8,10H2,1H3;2H,1H3. The van der Waals surface area contributed by atoms with Crippen LogP contribution in [0.1, 0.15) is 18.1 Å². The molecule has 17 heavy (non-hydrogen) atoms. The van der Waals surface area contributed by atoms with Gasteiger partial charge in [-0.2, -0.15) is 0 Å². The maximum Gasteiger partial charge on any atom is 0.116 e. The monoisotopic (exact) mass is 235 g/mol. The fourth-order valence-corrected chi connectivity index (χ4v) is 1.83. The predicted octanol–water partition coefficient (Wildman–Crippen LogP) is 2.03. The maximum atomic E-state index is 8.81. The molecular weight excluding hydrogens is 214 g/mol. The van der Waals surface area contributed by atoms with E-state index >= 15 is 0 Å². The van der Waals surface area contributed by atoms with Crippen molar-refractivity contribution >= 4 is 6.29 Å². The summed E-state index contributed by atoms with van der Waals surface area (Å²) in [6.07, 6.45) is 0.750. The van der Waals surface area contributed by atoms with Crippen LogP contribution in [0.3, 0.4) is 0 Å². The molecule has 3 heteroatoms. The summed E-state index contributed by atoms with van der Waals surface area (Å²) >= 11 is 0. The van der Waals surface area contributed by atoms with E-state index in [-0.39, 0.29) is 0 Å². The lowest BCUT2D eigenvalue weighted by Crippen LogP contribution is -2.35. The van der Waals surface area contributed by atoms with E-state index in [0.29, 0.717) is 0 Å². The van der Waals surface area contributed by atoms with Gasteiger partial charge >= 0.3 is 0 Å². The molecule has 0 bridgehead atoms. The summed E-state index contributed by atoms with van der Waals surface area (Å²) in [7, 11) is 0. The van der Waals surface area contributed by atoms with Crippen LogP contribution < -0.4 is 0 Å². The van der Waals surface area contributed by atoms with Crippen molar-refractivity contribution in [2.75, 3.05) is 26.3 Å². The highest BCUT2D eigenvalue weighted by Gasteiger charge is 2.10. The SMILES string of the molecule is CC=O.Cc1cccc(CN2CCOCC2)c1. The molecule has 0 saturated carbocycles. The summed E-state index contributed by atoms with van der Waals surface area (Å²) in [6.45, 7) is 8.54. The number of carbonyl (C=O) groups excluding carboxylic acids is 1. The van der Waals surface area contributed by atoms with Crippen LogP contribution in [-0.4, -0.2) is 37.5 Å². The molecule has 1 saturated heterocycles. The van der Waals surface area contributed by atoms with Gasteiger partial charge in [-0.15, -0.1) is 0 Å². The zero-order chi connectivity index (χ0) is 12.5. The molecule has 0 amide bonds. The van der Waals surface area contributed by atoms with Gasteiger partial charge in [0.25, 0.3) is 0 Å². The molecular formula is C14H21NO2. The summed E-state index contributed by atoms with van der Waals surface area (Å²) in [4.78, 5) is 11.2. The number of morpholine rings is 1. The van der Waals surface area contributed by atoms with Crippen LogP contribution in [0.15, 0.2) is 24.3 Å². The lowest BCUT2D eigenvalue weighted by molar-refractivity contribution is -0.106. The second-order valence-electron chi connectivity index (χ2n) is 4.11. The molecule has 1 aromatic rings. The van der Waals surface area contributed by atoms with Crippen molar-refractivity contribution in [2.45, 2.75) is 20.4 Å². The van der Waals surface area contributed by atoms with Crippen LogP contribution in [0.5, 0.6) is 0 Å². The Hall–Kier alpha value is -1.19. The molecule has 0 unspecified atom stereocenters. The summed E-state index contributed by atoms with van der Waals surface area (Å²) < 4.78 is 5.32. The quantitative estimate of drug-likeness (QED) is 0.735. The van der Waals surface area contributed by atoms with Gasteiger partial charge in [0.05, 0.1) is 13.2 Å². The van der Waals surface area contributed by atoms with Crippen LogP contribution in [0.2, 0.25) is 0 Å². The van der Waals surface area contributed by atoms with E-state index in [1.165, 1.54) is 18.1 Å². The number of ether oxygens (including phenoxy) is 1. The molecule has 1 aromatic carbocycles. The summed E-state index contributed by atoms with van der Waals surface area (Å²) in [5.41, 5.74) is 2.75. The van der Waals surface area contributed by atoms with Crippen LogP contribution >= 0.6 is 0 Å². The first-order valence-corrected chi connectivity index (χ1v) is 6.01. The number of aldehydes is 1. The highest BCUT2D eigenvalue weighted by molar-refractivity contribution is 5.44. The molecule has 0 aromatic heterocycles. The van der Waals surface area contributed by atoms with Crippen molar-refractivity contribution in [1.29, 1.82) is 0 Å². The van der Waals surface area contributed by atoms with Gasteiger partial charge in [-0.1, -0.05) is 29.8 Å². The van der Waals surface area contributed by atoms with Crippen molar-refractivity contribution in [3.63, 3.8) is 0 Å². The summed E-state index contributed by atoms with van der Waals surface area (Å²) in [5.74, 6) is 0. The third-order valence-corrected chi connectivity index (χ3v) is 2.59. The number of rotatable bonds is 2. The number of carbonyl (C=O) groups is 1. The molecule has 1 fully saturated rings. The molecule has 0 spiro atoms. The summed E-state index contributed by atoms with van der Waals surface area (Å²) in [6, 6.07) is 8.73. The van der Waals surface area contributed by atoms with Crippen molar-refractivity contribution < 1.29 is 9.53 Å². The zero-order valence-electron chi connectivity index (χ0n) is 10.7. The van der Waals surface area contributed by atoms with E-state index in [1.54, 1.807) is 0 Å². The Morgan fingerprint density at radius 2 is 2.00 bits per heavy atom. The minimum absolute atomic E-state index is 0.750. The summed E-state index contributed by atoms with van der Waals surface area (Å²) in [5, 5.41) is 0. The molecule has 0 N–H and O–H groups in total. The number of aryl methyl sites for hydroxylation is 1. The van der Waals surface area contributed by atoms with Gasteiger partial charge in [0.15, 0.2) is 0 Å². The first-order chi connectivity index (χ1) is 8.26. The smallest absolute Gasteiger partial charge is 0.116 e. The first kappa shape index (κ1) is 13.9. The third-order valence-electron chi connectivity index (χ3n) is 2.59. The molecule has 2 rings (SSSR count). The fourth-order valence-electron chi connectivity index (χ4n) is 1.83. The highest BCUT2D eigenvalue weighted by atomic mass is 16.5. The highest BCUT2D eigenvalue weighted by Crippen LogP contribution is 2.08. The van der Waals surface area contributed by atoms with Crippen LogP contribution in [0, 0.1) is 6.92 Å². The van der Waals surface area contributed by atoms with Crippen LogP contribution in [0.4, 0.5) is 0 Å². The van der Waals surface area contributed by atoms with E-state index < -0.39 is 0 Å². The normalized spacial score (nSPS) is 15.9. The van der Waals surface area contributed by atoms with Gasteiger partial charge in [0.2, 0.25) is 0 Å². The van der Waals surface area contributed by atoms with Gasteiger partial charge in [-0.25, -0.2) is 0 Å². The number of hydrogen-bond donors (Lipinski definition) is 0. The molecule has 94 valence electrons. The Balaban J connectivity index is 0.000000437. The van der Waals surface area contributed by atoms with Crippen molar-refractivity contribution in [2.24, 2.45) is 0 Å². The van der Waals surface area contributed by atoms with Crippen molar-refractivity contribution in [1.82, 2.24) is 4.90 Å². The Labute approximate surface area is 103 Å².